The third kappa shape index (κ3) is 4.30. The Bertz CT molecular complexity index is 1290. The molecule has 166 valence electrons. The highest BCUT2D eigenvalue weighted by Gasteiger charge is 2.23. The topological polar surface area (TPSA) is 119 Å². The largest absolute Gasteiger partial charge is 0.504 e. The van der Waals surface area contributed by atoms with Crippen LogP contribution in [-0.4, -0.2) is 36.3 Å². The Morgan fingerprint density at radius 2 is 1.76 bits per heavy atom. The third-order valence-corrected chi connectivity index (χ3v) is 5.82. The first-order valence-electron chi connectivity index (χ1n) is 10.5. The van der Waals surface area contributed by atoms with Gasteiger partial charge in [0.25, 0.3) is 0 Å². The van der Waals surface area contributed by atoms with Crippen molar-refractivity contribution in [2.75, 3.05) is 25.1 Å². The summed E-state index contributed by atoms with van der Waals surface area (Å²) in [7, 11) is 1.45. The number of anilines is 1. The summed E-state index contributed by atoms with van der Waals surface area (Å²) in [6.07, 6.45) is 1.61. The van der Waals surface area contributed by atoms with E-state index in [2.05, 4.69) is 11.0 Å². The first-order chi connectivity index (χ1) is 15.9. The van der Waals surface area contributed by atoms with Gasteiger partial charge in [-0.1, -0.05) is 12.1 Å². The van der Waals surface area contributed by atoms with Gasteiger partial charge in [0.1, 0.15) is 17.7 Å². The van der Waals surface area contributed by atoms with Crippen LogP contribution < -0.4 is 15.4 Å². The van der Waals surface area contributed by atoms with Gasteiger partial charge in [-0.15, -0.1) is 0 Å². The summed E-state index contributed by atoms with van der Waals surface area (Å²) in [5, 5.41) is 29.4. The second kappa shape index (κ2) is 9.15. The molecule has 2 aromatic carbocycles. The number of ether oxygens (including phenoxy) is 1. The molecule has 0 unspecified atom stereocenters. The molecule has 0 aliphatic carbocycles. The summed E-state index contributed by atoms with van der Waals surface area (Å²) < 4.78 is 19.6. The number of nitrogens with two attached hydrogens (primary N) is 1. The normalized spacial score (nSPS) is 13.9. The predicted molar refractivity (Wildman–Crippen MR) is 122 cm³/mol. The molecule has 0 spiro atoms. The van der Waals surface area contributed by atoms with Crippen LogP contribution in [0.4, 0.5) is 10.2 Å². The molecule has 0 saturated carbocycles. The van der Waals surface area contributed by atoms with E-state index in [-0.39, 0.29) is 23.1 Å². The second-order valence-electron chi connectivity index (χ2n) is 7.88. The van der Waals surface area contributed by atoms with Gasteiger partial charge in [-0.05, 0) is 48.7 Å². The number of nitriles is 2. The first-order valence-corrected chi connectivity index (χ1v) is 10.5. The average molecular weight is 443 g/mol. The number of phenolic OH excluding ortho intramolecular Hbond substituents is 1. The number of hydrogen-bond acceptors (Lipinski definition) is 7. The zero-order chi connectivity index (χ0) is 23.5. The lowest BCUT2D eigenvalue weighted by Crippen LogP contribution is -2.40. The molecule has 3 aromatic rings. The molecule has 0 amide bonds. The maximum Gasteiger partial charge on any atom is 0.160 e. The van der Waals surface area contributed by atoms with E-state index in [0.717, 1.165) is 12.8 Å². The zero-order valence-corrected chi connectivity index (χ0v) is 18.0. The molecule has 7 nitrogen and oxygen atoms in total. The van der Waals surface area contributed by atoms with Crippen LogP contribution in [0.15, 0.2) is 42.5 Å². The number of rotatable bonds is 4. The first kappa shape index (κ1) is 22.1. The number of aromatic nitrogens is 1. The van der Waals surface area contributed by atoms with Crippen LogP contribution in [0.3, 0.4) is 0 Å². The summed E-state index contributed by atoms with van der Waals surface area (Å²) in [6.45, 7) is 1.39. The maximum atomic E-state index is 14.5. The quantitative estimate of drug-likeness (QED) is 0.627. The Morgan fingerprint density at radius 3 is 2.36 bits per heavy atom. The fourth-order valence-electron chi connectivity index (χ4n) is 4.01. The van der Waals surface area contributed by atoms with Crippen molar-refractivity contribution in [3.05, 3.63) is 59.4 Å². The molecule has 3 N–H and O–H groups in total. The molecule has 1 aliphatic rings. The van der Waals surface area contributed by atoms with E-state index in [9.17, 15) is 14.8 Å². The van der Waals surface area contributed by atoms with Crippen LogP contribution in [0, 0.1) is 28.5 Å². The lowest BCUT2D eigenvalue weighted by atomic mass is 9.94. The summed E-state index contributed by atoms with van der Waals surface area (Å²) in [6, 6.07) is 14.9. The van der Waals surface area contributed by atoms with Crippen LogP contribution in [0.5, 0.6) is 11.5 Å². The van der Waals surface area contributed by atoms with Gasteiger partial charge >= 0.3 is 0 Å². The molecule has 4 rings (SSSR count). The van der Waals surface area contributed by atoms with Crippen LogP contribution >= 0.6 is 0 Å². The highest BCUT2D eigenvalue weighted by Crippen LogP contribution is 2.39. The number of nitrogens with zero attached hydrogens (tertiary/aromatic N) is 4. The molecular weight excluding hydrogens is 421 g/mol. The Morgan fingerprint density at radius 1 is 1.06 bits per heavy atom. The van der Waals surface area contributed by atoms with Gasteiger partial charge in [-0.3, -0.25) is 0 Å². The van der Waals surface area contributed by atoms with Crippen molar-refractivity contribution in [1.82, 2.24) is 4.98 Å². The molecule has 0 atom stereocenters. The second-order valence-corrected chi connectivity index (χ2v) is 7.88. The minimum Gasteiger partial charge on any atom is -0.504 e. The Labute approximate surface area is 191 Å². The van der Waals surface area contributed by atoms with Crippen molar-refractivity contribution < 1.29 is 14.2 Å². The van der Waals surface area contributed by atoms with Gasteiger partial charge in [-0.2, -0.15) is 10.5 Å². The highest BCUT2D eigenvalue weighted by atomic mass is 19.1. The average Bonchev–Trinajstić information content (AvgIpc) is 2.83. The SMILES string of the molecule is COc1ccc(-c2c(C#N)cc(N3CCC(N)CC3)nc2-c2ccc(C#N)c(F)c2)cc1O. The number of hydrogen-bond donors (Lipinski definition) is 2. The fourth-order valence-corrected chi connectivity index (χ4v) is 4.01. The molecule has 1 aromatic heterocycles. The van der Waals surface area contributed by atoms with E-state index in [1.54, 1.807) is 24.3 Å². The van der Waals surface area contributed by atoms with Crippen molar-refractivity contribution in [2.24, 2.45) is 5.73 Å². The van der Waals surface area contributed by atoms with E-state index in [1.807, 2.05) is 6.07 Å². The van der Waals surface area contributed by atoms with E-state index < -0.39 is 5.82 Å². The summed E-state index contributed by atoms with van der Waals surface area (Å²) >= 11 is 0. The van der Waals surface area contributed by atoms with Gasteiger partial charge in [0.15, 0.2) is 11.5 Å². The Balaban J connectivity index is 1.94. The Hall–Kier alpha value is -4.14. The minimum atomic E-state index is -0.673. The number of phenols is 1. The van der Waals surface area contributed by atoms with Crippen molar-refractivity contribution in [3.8, 4) is 46.0 Å². The van der Waals surface area contributed by atoms with Crippen LogP contribution in [-0.2, 0) is 0 Å². The zero-order valence-electron chi connectivity index (χ0n) is 18.0. The third-order valence-electron chi connectivity index (χ3n) is 5.82. The molecule has 0 radical (unpaired) electrons. The standard InChI is InChI=1S/C25H22FN5O2/c1-33-22-5-4-15(11-21(22)32)24-18(14-28)12-23(31-8-6-19(29)7-9-31)30-25(24)16-2-3-17(13-27)20(26)10-16/h2-5,10-12,19,32H,6-9,29H2,1H3. The van der Waals surface area contributed by atoms with Crippen molar-refractivity contribution in [1.29, 1.82) is 10.5 Å². The number of piperidine rings is 1. The van der Waals surface area contributed by atoms with Crippen molar-refractivity contribution in [2.45, 2.75) is 18.9 Å². The molecule has 33 heavy (non-hydrogen) atoms. The van der Waals surface area contributed by atoms with Gasteiger partial charge in [0.05, 0.1) is 30.0 Å². The summed E-state index contributed by atoms with van der Waals surface area (Å²) in [4.78, 5) is 6.88. The highest BCUT2D eigenvalue weighted by molar-refractivity contribution is 5.87. The Kier molecular flexibility index (Phi) is 6.12. The van der Waals surface area contributed by atoms with Crippen LogP contribution in [0.25, 0.3) is 22.4 Å². The predicted octanol–water partition coefficient (Wildman–Crippen LogP) is 3.94. The van der Waals surface area contributed by atoms with Gasteiger partial charge in [-0.25, -0.2) is 9.37 Å². The number of halogens is 1. The smallest absolute Gasteiger partial charge is 0.160 e. The van der Waals surface area contributed by atoms with Gasteiger partial charge in [0.2, 0.25) is 0 Å². The number of methoxy groups -OCH3 is 1. The van der Waals surface area contributed by atoms with Crippen molar-refractivity contribution >= 4 is 5.82 Å². The monoisotopic (exact) mass is 443 g/mol. The van der Waals surface area contributed by atoms with E-state index >= 15 is 0 Å². The molecule has 0 bridgehead atoms. The van der Waals surface area contributed by atoms with Crippen molar-refractivity contribution in [3.63, 3.8) is 0 Å². The van der Waals surface area contributed by atoms with Gasteiger partial charge in [0, 0.05) is 30.3 Å². The number of pyridine rings is 1. The summed E-state index contributed by atoms with van der Waals surface area (Å²) in [5.74, 6) is 0.121. The van der Waals surface area contributed by atoms with E-state index in [0.29, 0.717) is 46.9 Å². The number of aromatic hydroxyl groups is 1. The van der Waals surface area contributed by atoms with E-state index in [4.69, 9.17) is 20.7 Å². The molecule has 1 aliphatic heterocycles. The molecule has 8 heteroatoms. The van der Waals surface area contributed by atoms with Gasteiger partial charge < -0.3 is 20.5 Å². The molecule has 2 heterocycles. The molecular formula is C25H22FN5O2. The fraction of sp³-hybridized carbons (Fsp3) is 0.240. The maximum absolute atomic E-state index is 14.5. The van der Waals surface area contributed by atoms with Crippen LogP contribution in [0.2, 0.25) is 0 Å². The van der Waals surface area contributed by atoms with Crippen LogP contribution in [0.1, 0.15) is 24.0 Å². The lowest BCUT2D eigenvalue weighted by Gasteiger charge is -2.31. The molecule has 1 fully saturated rings. The summed E-state index contributed by atoms with van der Waals surface area (Å²) in [5.41, 5.74) is 8.07. The van der Waals surface area contributed by atoms with E-state index in [1.165, 1.54) is 25.3 Å². The lowest BCUT2D eigenvalue weighted by molar-refractivity contribution is 0.373. The molecule has 1 saturated heterocycles. The number of benzene rings is 2. The minimum absolute atomic E-state index is 0.0796.